The molecule has 27 heavy (non-hydrogen) atoms. The lowest BCUT2D eigenvalue weighted by Crippen LogP contribution is -2.18. The minimum Gasteiger partial charge on any atom is -0.488 e. The highest BCUT2D eigenvalue weighted by Crippen LogP contribution is 2.26. The van der Waals surface area contributed by atoms with Gasteiger partial charge < -0.3 is 4.74 Å². The van der Waals surface area contributed by atoms with Gasteiger partial charge in [0, 0.05) is 4.47 Å². The van der Waals surface area contributed by atoms with Crippen molar-refractivity contribution in [3.8, 4) is 5.75 Å². The number of carbonyl (C=O) groups is 1. The zero-order valence-electron chi connectivity index (χ0n) is 14.2. The van der Waals surface area contributed by atoms with Crippen LogP contribution in [-0.4, -0.2) is 12.1 Å². The lowest BCUT2D eigenvalue weighted by molar-refractivity contribution is 0.0954. The predicted molar refractivity (Wildman–Crippen MR) is 114 cm³/mol. The van der Waals surface area contributed by atoms with Gasteiger partial charge in [0.1, 0.15) is 12.4 Å². The molecule has 3 rings (SSSR count). The van der Waals surface area contributed by atoms with Crippen LogP contribution >= 0.6 is 31.9 Å². The highest BCUT2D eigenvalue weighted by molar-refractivity contribution is 9.10. The highest BCUT2D eigenvalue weighted by atomic mass is 79.9. The molecule has 1 amide bonds. The fraction of sp³-hybridized carbons (Fsp3) is 0.0476. The Bertz CT molecular complexity index is 959. The molecule has 0 aromatic heterocycles. The zero-order valence-corrected chi connectivity index (χ0v) is 17.4. The van der Waals surface area contributed by atoms with E-state index in [1.54, 1.807) is 18.3 Å². The van der Waals surface area contributed by atoms with Crippen molar-refractivity contribution in [3.63, 3.8) is 0 Å². The van der Waals surface area contributed by atoms with E-state index in [2.05, 4.69) is 42.4 Å². The number of amides is 1. The molecule has 0 aliphatic heterocycles. The second kappa shape index (κ2) is 9.48. The van der Waals surface area contributed by atoms with Crippen LogP contribution < -0.4 is 10.2 Å². The van der Waals surface area contributed by atoms with E-state index in [1.807, 2.05) is 60.7 Å². The van der Waals surface area contributed by atoms with E-state index in [0.29, 0.717) is 12.2 Å². The molecular weight excluding hydrogens is 472 g/mol. The van der Waals surface area contributed by atoms with Gasteiger partial charge in [-0.05, 0) is 73.3 Å². The van der Waals surface area contributed by atoms with E-state index in [0.717, 1.165) is 25.8 Å². The van der Waals surface area contributed by atoms with Gasteiger partial charge in [0.15, 0.2) is 0 Å². The lowest BCUT2D eigenvalue weighted by Gasteiger charge is -2.09. The van der Waals surface area contributed by atoms with Crippen LogP contribution in [0.5, 0.6) is 5.75 Å². The summed E-state index contributed by atoms with van der Waals surface area (Å²) < 4.78 is 7.37. The largest absolute Gasteiger partial charge is 0.488 e. The van der Waals surface area contributed by atoms with Gasteiger partial charge in [-0.25, -0.2) is 5.43 Å². The van der Waals surface area contributed by atoms with Gasteiger partial charge in [-0.3, -0.25) is 4.79 Å². The van der Waals surface area contributed by atoms with Crippen LogP contribution in [0.3, 0.4) is 0 Å². The second-order valence-corrected chi connectivity index (χ2v) is 7.35. The number of hydrazone groups is 1. The van der Waals surface area contributed by atoms with Gasteiger partial charge in [0.2, 0.25) is 0 Å². The van der Waals surface area contributed by atoms with Crippen LogP contribution in [0.2, 0.25) is 0 Å². The van der Waals surface area contributed by atoms with Crippen LogP contribution in [0.4, 0.5) is 0 Å². The first-order valence-electron chi connectivity index (χ1n) is 8.17. The molecule has 6 heteroatoms. The Kier molecular flexibility index (Phi) is 6.79. The molecule has 0 saturated heterocycles. The number of nitrogens with zero attached hydrogens (tertiary/aromatic N) is 1. The van der Waals surface area contributed by atoms with Crippen molar-refractivity contribution in [2.75, 3.05) is 0 Å². The number of rotatable bonds is 6. The van der Waals surface area contributed by atoms with Gasteiger partial charge in [-0.1, -0.05) is 42.5 Å². The highest BCUT2D eigenvalue weighted by Gasteiger charge is 2.07. The lowest BCUT2D eigenvalue weighted by atomic mass is 10.2. The summed E-state index contributed by atoms with van der Waals surface area (Å²) >= 11 is 6.86. The van der Waals surface area contributed by atoms with Crippen LogP contribution in [0.1, 0.15) is 21.5 Å². The quantitative estimate of drug-likeness (QED) is 0.365. The summed E-state index contributed by atoms with van der Waals surface area (Å²) in [5, 5.41) is 4.02. The van der Waals surface area contributed by atoms with Crippen molar-refractivity contribution in [3.05, 3.63) is 98.4 Å². The van der Waals surface area contributed by atoms with E-state index in [1.165, 1.54) is 0 Å². The molecule has 0 saturated carbocycles. The van der Waals surface area contributed by atoms with E-state index >= 15 is 0 Å². The topological polar surface area (TPSA) is 50.7 Å². The van der Waals surface area contributed by atoms with Gasteiger partial charge in [0.25, 0.3) is 5.91 Å². The third-order valence-corrected chi connectivity index (χ3v) is 5.00. The molecule has 1 N–H and O–H groups in total. The summed E-state index contributed by atoms with van der Waals surface area (Å²) in [5.74, 6) is 0.467. The summed E-state index contributed by atoms with van der Waals surface area (Å²) in [6, 6.07) is 22.8. The second-order valence-electron chi connectivity index (χ2n) is 5.64. The minimum absolute atomic E-state index is 0.277. The number of hydrogen-bond donors (Lipinski definition) is 1. The number of benzene rings is 3. The molecule has 136 valence electrons. The zero-order chi connectivity index (χ0) is 19.1. The summed E-state index contributed by atoms with van der Waals surface area (Å²) in [4.78, 5) is 12.1. The number of ether oxygens (including phenoxy) is 1. The van der Waals surface area contributed by atoms with E-state index in [4.69, 9.17) is 4.74 Å². The van der Waals surface area contributed by atoms with Crippen molar-refractivity contribution in [2.24, 2.45) is 5.10 Å². The van der Waals surface area contributed by atoms with Crippen molar-refractivity contribution in [1.82, 2.24) is 5.43 Å². The summed E-state index contributed by atoms with van der Waals surface area (Å²) in [7, 11) is 0. The Labute approximate surface area is 174 Å². The molecule has 0 fully saturated rings. The smallest absolute Gasteiger partial charge is 0.272 e. The van der Waals surface area contributed by atoms with Crippen LogP contribution in [0, 0.1) is 0 Å². The predicted octanol–water partition coefficient (Wildman–Crippen LogP) is 5.55. The molecular formula is C21H16Br2N2O2. The fourth-order valence-corrected chi connectivity index (χ4v) is 3.30. The van der Waals surface area contributed by atoms with Crippen molar-refractivity contribution in [2.45, 2.75) is 6.61 Å². The van der Waals surface area contributed by atoms with Crippen molar-refractivity contribution >= 4 is 44.0 Å². The Morgan fingerprint density at radius 3 is 2.44 bits per heavy atom. The third kappa shape index (κ3) is 5.52. The molecule has 0 bridgehead atoms. The molecule has 0 atom stereocenters. The van der Waals surface area contributed by atoms with E-state index in [9.17, 15) is 4.79 Å². The van der Waals surface area contributed by atoms with E-state index < -0.39 is 0 Å². The monoisotopic (exact) mass is 486 g/mol. The average molecular weight is 488 g/mol. The van der Waals surface area contributed by atoms with Gasteiger partial charge in [-0.2, -0.15) is 5.10 Å². The fourth-order valence-electron chi connectivity index (χ4n) is 2.32. The molecule has 0 spiro atoms. The Morgan fingerprint density at radius 2 is 1.70 bits per heavy atom. The van der Waals surface area contributed by atoms with Gasteiger partial charge in [-0.15, -0.1) is 0 Å². The van der Waals surface area contributed by atoms with Crippen molar-refractivity contribution < 1.29 is 9.53 Å². The maximum absolute atomic E-state index is 12.1. The number of nitrogens with one attached hydrogen (secondary N) is 1. The summed E-state index contributed by atoms with van der Waals surface area (Å²) in [5.41, 5.74) is 4.99. The molecule has 3 aromatic rings. The summed E-state index contributed by atoms with van der Waals surface area (Å²) in [6.07, 6.45) is 1.58. The van der Waals surface area contributed by atoms with Crippen molar-refractivity contribution in [1.29, 1.82) is 0 Å². The Balaban J connectivity index is 1.59. The SMILES string of the molecule is O=C(N/N=C/c1ccc(OCc2ccccc2)c(Br)c1)c1ccccc1Br. The van der Waals surface area contributed by atoms with Crippen LogP contribution in [0.15, 0.2) is 86.8 Å². The standard InChI is InChI=1S/C21H16Br2N2O2/c22-18-9-5-4-8-17(18)21(26)25-24-13-16-10-11-20(19(23)12-16)27-14-15-6-2-1-3-7-15/h1-13H,14H2,(H,25,26)/b24-13+. The molecule has 0 unspecified atom stereocenters. The van der Waals surface area contributed by atoms with Gasteiger partial charge >= 0.3 is 0 Å². The minimum atomic E-state index is -0.277. The third-order valence-electron chi connectivity index (χ3n) is 3.69. The van der Waals surface area contributed by atoms with E-state index in [-0.39, 0.29) is 5.91 Å². The molecule has 0 aliphatic carbocycles. The first-order chi connectivity index (χ1) is 13.1. The Hall–Kier alpha value is -2.44. The molecule has 3 aromatic carbocycles. The van der Waals surface area contributed by atoms with Crippen LogP contribution in [-0.2, 0) is 6.61 Å². The number of hydrogen-bond acceptors (Lipinski definition) is 3. The maximum atomic E-state index is 12.1. The van der Waals surface area contributed by atoms with Crippen LogP contribution in [0.25, 0.3) is 0 Å². The molecule has 4 nitrogen and oxygen atoms in total. The molecule has 0 radical (unpaired) electrons. The molecule has 0 heterocycles. The number of carbonyl (C=O) groups excluding carboxylic acids is 1. The summed E-state index contributed by atoms with van der Waals surface area (Å²) in [6.45, 7) is 0.495. The average Bonchev–Trinajstić information content (AvgIpc) is 2.68. The number of halogens is 2. The first-order valence-corrected chi connectivity index (χ1v) is 9.76. The maximum Gasteiger partial charge on any atom is 0.272 e. The van der Waals surface area contributed by atoms with Gasteiger partial charge in [0.05, 0.1) is 16.3 Å². The first kappa shape index (κ1) is 19.3. The normalized spacial score (nSPS) is 10.7. The Morgan fingerprint density at radius 1 is 0.963 bits per heavy atom. The molecule has 0 aliphatic rings.